The van der Waals surface area contributed by atoms with Gasteiger partial charge >= 0.3 is 5.97 Å². The fourth-order valence-corrected chi connectivity index (χ4v) is 1.15. The molecule has 92 valence electrons. The van der Waals surface area contributed by atoms with Crippen LogP contribution in [0.2, 0.25) is 0 Å². The number of hydrogen-bond acceptors (Lipinski definition) is 3. The molecule has 1 aromatic rings. The quantitative estimate of drug-likeness (QED) is 0.811. The summed E-state index contributed by atoms with van der Waals surface area (Å²) in [6.45, 7) is 0.763. The number of anilines is 1. The van der Waals surface area contributed by atoms with Crippen molar-refractivity contribution in [2.45, 2.75) is 6.92 Å². The molecular formula is C11H12FNO4. The maximum atomic E-state index is 13.2. The SMILES string of the molecule is Cc1ccc(F)c(NC(=O)COCC(=O)O)c1. The van der Waals surface area contributed by atoms with Gasteiger partial charge in [0.05, 0.1) is 5.69 Å². The van der Waals surface area contributed by atoms with E-state index in [1.165, 1.54) is 12.1 Å². The van der Waals surface area contributed by atoms with Crippen molar-refractivity contribution >= 4 is 17.6 Å². The molecule has 0 aliphatic rings. The highest BCUT2D eigenvalue weighted by Crippen LogP contribution is 2.15. The summed E-state index contributed by atoms with van der Waals surface area (Å²) >= 11 is 0. The number of carbonyl (C=O) groups is 2. The number of carboxylic acids is 1. The van der Waals surface area contributed by atoms with E-state index in [0.29, 0.717) is 0 Å². The smallest absolute Gasteiger partial charge is 0.329 e. The van der Waals surface area contributed by atoms with Gasteiger partial charge in [0.1, 0.15) is 19.0 Å². The Balaban J connectivity index is 2.50. The number of aryl methyl sites for hydroxylation is 1. The molecule has 0 saturated carbocycles. The molecule has 0 fully saturated rings. The average Bonchev–Trinajstić information content (AvgIpc) is 2.23. The Kier molecular flexibility index (Phi) is 4.59. The van der Waals surface area contributed by atoms with Crippen molar-refractivity contribution in [2.75, 3.05) is 18.5 Å². The zero-order chi connectivity index (χ0) is 12.8. The summed E-state index contributed by atoms with van der Waals surface area (Å²) in [4.78, 5) is 21.4. The standard InChI is InChI=1S/C11H12FNO4/c1-7-2-3-8(12)9(4-7)13-10(14)5-17-6-11(15)16/h2-4H,5-6H2,1H3,(H,13,14)(H,15,16). The van der Waals surface area contributed by atoms with E-state index in [1.54, 1.807) is 13.0 Å². The Labute approximate surface area is 97.2 Å². The van der Waals surface area contributed by atoms with Gasteiger partial charge in [0, 0.05) is 0 Å². The topological polar surface area (TPSA) is 75.6 Å². The van der Waals surface area contributed by atoms with Crippen LogP contribution in [0.1, 0.15) is 5.56 Å². The van der Waals surface area contributed by atoms with E-state index in [1.807, 2.05) is 0 Å². The van der Waals surface area contributed by atoms with Crippen LogP contribution in [0.5, 0.6) is 0 Å². The lowest BCUT2D eigenvalue weighted by Crippen LogP contribution is -2.21. The van der Waals surface area contributed by atoms with Gasteiger partial charge in [0.2, 0.25) is 5.91 Å². The van der Waals surface area contributed by atoms with Gasteiger partial charge in [-0.25, -0.2) is 9.18 Å². The Morgan fingerprint density at radius 3 is 2.76 bits per heavy atom. The number of halogens is 1. The van der Waals surface area contributed by atoms with Crippen molar-refractivity contribution in [1.82, 2.24) is 0 Å². The number of carboxylic acid groups (broad SMARTS) is 1. The molecule has 17 heavy (non-hydrogen) atoms. The van der Waals surface area contributed by atoms with Gasteiger partial charge in [-0.15, -0.1) is 0 Å². The van der Waals surface area contributed by atoms with Gasteiger partial charge in [-0.1, -0.05) is 6.07 Å². The second kappa shape index (κ2) is 5.95. The maximum absolute atomic E-state index is 13.2. The zero-order valence-electron chi connectivity index (χ0n) is 9.20. The number of benzene rings is 1. The number of hydrogen-bond donors (Lipinski definition) is 2. The summed E-state index contributed by atoms with van der Waals surface area (Å²) in [7, 11) is 0. The van der Waals surface area contributed by atoms with Crippen LogP contribution in [0.4, 0.5) is 10.1 Å². The molecule has 0 aromatic heterocycles. The fraction of sp³-hybridized carbons (Fsp3) is 0.273. The van der Waals surface area contributed by atoms with Crippen molar-refractivity contribution in [3.05, 3.63) is 29.6 Å². The average molecular weight is 241 g/mol. The molecule has 0 saturated heterocycles. The van der Waals surface area contributed by atoms with E-state index in [9.17, 15) is 14.0 Å². The van der Waals surface area contributed by atoms with E-state index in [2.05, 4.69) is 10.1 Å². The van der Waals surface area contributed by atoms with Crippen molar-refractivity contribution < 1.29 is 23.8 Å². The van der Waals surface area contributed by atoms with Crippen molar-refractivity contribution in [3.8, 4) is 0 Å². The number of nitrogens with one attached hydrogen (secondary N) is 1. The number of carbonyl (C=O) groups excluding carboxylic acids is 1. The summed E-state index contributed by atoms with van der Waals surface area (Å²) in [5.41, 5.74) is 0.849. The van der Waals surface area contributed by atoms with E-state index < -0.39 is 30.9 Å². The van der Waals surface area contributed by atoms with Crippen LogP contribution in [0.15, 0.2) is 18.2 Å². The summed E-state index contributed by atoms with van der Waals surface area (Å²) in [5, 5.41) is 10.6. The monoisotopic (exact) mass is 241 g/mol. The minimum Gasteiger partial charge on any atom is -0.480 e. The lowest BCUT2D eigenvalue weighted by molar-refractivity contribution is -0.143. The molecule has 5 nitrogen and oxygen atoms in total. The highest BCUT2D eigenvalue weighted by molar-refractivity contribution is 5.92. The Morgan fingerprint density at radius 2 is 2.12 bits per heavy atom. The molecule has 0 heterocycles. The first kappa shape index (κ1) is 13.1. The van der Waals surface area contributed by atoms with Gasteiger partial charge in [-0.05, 0) is 24.6 Å². The van der Waals surface area contributed by atoms with Crippen LogP contribution in [0, 0.1) is 12.7 Å². The third-order valence-electron chi connectivity index (χ3n) is 1.85. The highest BCUT2D eigenvalue weighted by atomic mass is 19.1. The Bertz CT molecular complexity index is 433. The lowest BCUT2D eigenvalue weighted by Gasteiger charge is -2.07. The van der Waals surface area contributed by atoms with Crippen molar-refractivity contribution in [2.24, 2.45) is 0 Å². The molecule has 0 aliphatic carbocycles. The Morgan fingerprint density at radius 1 is 1.41 bits per heavy atom. The fourth-order valence-electron chi connectivity index (χ4n) is 1.15. The number of aliphatic carboxylic acids is 1. The minimum atomic E-state index is -1.17. The predicted molar refractivity (Wildman–Crippen MR) is 58.2 cm³/mol. The Hall–Kier alpha value is -1.95. The second-order valence-electron chi connectivity index (χ2n) is 3.42. The van der Waals surface area contributed by atoms with Crippen LogP contribution >= 0.6 is 0 Å². The largest absolute Gasteiger partial charge is 0.480 e. The van der Waals surface area contributed by atoms with Gasteiger partial charge in [-0.2, -0.15) is 0 Å². The number of rotatable bonds is 5. The van der Waals surface area contributed by atoms with Gasteiger partial charge in [0.15, 0.2) is 0 Å². The third-order valence-corrected chi connectivity index (χ3v) is 1.85. The highest BCUT2D eigenvalue weighted by Gasteiger charge is 2.08. The third kappa shape index (κ3) is 4.60. The molecule has 0 aliphatic heterocycles. The predicted octanol–water partition coefficient (Wildman–Crippen LogP) is 1.17. The molecule has 0 radical (unpaired) electrons. The van der Waals surface area contributed by atoms with Crippen LogP contribution in [-0.4, -0.2) is 30.2 Å². The first-order valence-electron chi connectivity index (χ1n) is 4.84. The van der Waals surface area contributed by atoms with Crippen LogP contribution in [0.25, 0.3) is 0 Å². The molecule has 6 heteroatoms. The maximum Gasteiger partial charge on any atom is 0.329 e. The zero-order valence-corrected chi connectivity index (χ0v) is 9.20. The minimum absolute atomic E-state index is 0.0499. The summed E-state index contributed by atoms with van der Waals surface area (Å²) < 4.78 is 17.8. The van der Waals surface area contributed by atoms with Crippen molar-refractivity contribution in [3.63, 3.8) is 0 Å². The first-order valence-corrected chi connectivity index (χ1v) is 4.84. The van der Waals surface area contributed by atoms with Crippen LogP contribution in [0.3, 0.4) is 0 Å². The molecule has 2 N–H and O–H groups in total. The van der Waals surface area contributed by atoms with Gasteiger partial charge in [0.25, 0.3) is 0 Å². The number of amides is 1. The molecule has 1 aromatic carbocycles. The lowest BCUT2D eigenvalue weighted by atomic mass is 10.2. The molecule has 0 atom stereocenters. The van der Waals surface area contributed by atoms with Crippen molar-refractivity contribution in [1.29, 1.82) is 0 Å². The summed E-state index contributed by atoms with van der Waals surface area (Å²) in [5.74, 6) is -2.32. The van der Waals surface area contributed by atoms with E-state index in [0.717, 1.165) is 5.56 Å². The summed E-state index contributed by atoms with van der Waals surface area (Å²) in [6, 6.07) is 4.29. The van der Waals surface area contributed by atoms with Crippen LogP contribution in [-0.2, 0) is 14.3 Å². The normalized spacial score (nSPS) is 10.0. The van der Waals surface area contributed by atoms with Crippen LogP contribution < -0.4 is 5.32 Å². The molecule has 0 spiro atoms. The molecule has 1 amide bonds. The van der Waals surface area contributed by atoms with Gasteiger partial charge in [-0.3, -0.25) is 4.79 Å². The molecular weight excluding hydrogens is 229 g/mol. The second-order valence-corrected chi connectivity index (χ2v) is 3.42. The number of ether oxygens (including phenoxy) is 1. The van der Waals surface area contributed by atoms with Gasteiger partial charge < -0.3 is 15.2 Å². The van der Waals surface area contributed by atoms with E-state index >= 15 is 0 Å². The summed E-state index contributed by atoms with van der Waals surface area (Å²) in [6.07, 6.45) is 0. The van der Waals surface area contributed by atoms with E-state index in [4.69, 9.17) is 5.11 Å². The van der Waals surface area contributed by atoms with E-state index in [-0.39, 0.29) is 5.69 Å². The molecule has 1 rings (SSSR count). The first-order chi connectivity index (χ1) is 7.99. The molecule has 0 unspecified atom stereocenters. The molecule has 0 bridgehead atoms.